The number of ether oxygens (including phenoxy) is 1. The second-order valence-electron chi connectivity index (χ2n) is 7.21. The molecule has 1 aromatic heterocycles. The first-order chi connectivity index (χ1) is 16.9. The number of carbonyl (C=O) groups is 2. The van der Waals surface area contributed by atoms with Gasteiger partial charge in [-0.15, -0.1) is 11.8 Å². The third-order valence-electron chi connectivity index (χ3n) is 4.70. The van der Waals surface area contributed by atoms with Crippen LogP contribution < -0.4 is 15.4 Å². The van der Waals surface area contributed by atoms with Gasteiger partial charge in [-0.1, -0.05) is 23.5 Å². The molecule has 4 aromatic rings. The lowest BCUT2D eigenvalue weighted by Gasteiger charge is -2.07. The molecule has 178 valence electrons. The molecule has 0 spiro atoms. The number of nitrogens with zero attached hydrogens (tertiary/aromatic N) is 2. The summed E-state index contributed by atoms with van der Waals surface area (Å²) in [5.74, 6) is 0.249. The highest BCUT2D eigenvalue weighted by atomic mass is 32.2. The van der Waals surface area contributed by atoms with E-state index >= 15 is 0 Å². The molecule has 0 radical (unpaired) electrons. The number of thiazole rings is 1. The van der Waals surface area contributed by atoms with E-state index < -0.39 is 10.8 Å². The fourth-order valence-corrected chi connectivity index (χ4v) is 4.81. The molecule has 0 saturated carbocycles. The van der Waals surface area contributed by atoms with E-state index in [1.54, 1.807) is 18.2 Å². The van der Waals surface area contributed by atoms with Crippen molar-refractivity contribution in [1.29, 1.82) is 0 Å². The average Bonchev–Trinajstić information content (AvgIpc) is 3.24. The van der Waals surface area contributed by atoms with Gasteiger partial charge in [0.25, 0.3) is 11.6 Å². The summed E-state index contributed by atoms with van der Waals surface area (Å²) in [7, 11) is 0. The van der Waals surface area contributed by atoms with Crippen LogP contribution >= 0.6 is 23.1 Å². The number of nitro benzene ring substituents is 1. The Hall–Kier alpha value is -3.96. The van der Waals surface area contributed by atoms with Crippen LogP contribution in [-0.4, -0.2) is 34.1 Å². The van der Waals surface area contributed by atoms with Crippen LogP contribution in [0.2, 0.25) is 0 Å². The predicted octanol–water partition coefficient (Wildman–Crippen LogP) is 5.59. The Morgan fingerprint density at radius 2 is 1.91 bits per heavy atom. The van der Waals surface area contributed by atoms with Gasteiger partial charge in [0, 0.05) is 28.3 Å². The van der Waals surface area contributed by atoms with Crippen LogP contribution in [0.15, 0.2) is 71.6 Å². The Morgan fingerprint density at radius 3 is 2.71 bits per heavy atom. The minimum absolute atomic E-state index is 0.155. The van der Waals surface area contributed by atoms with Crippen molar-refractivity contribution in [2.24, 2.45) is 0 Å². The zero-order valence-corrected chi connectivity index (χ0v) is 20.2. The molecule has 1 heterocycles. The number of anilines is 2. The Balaban J connectivity index is 1.34. The molecular formula is C24H20N4O5S2. The average molecular weight is 509 g/mol. The lowest BCUT2D eigenvalue weighted by atomic mass is 10.2. The Labute approximate surface area is 208 Å². The van der Waals surface area contributed by atoms with Crippen LogP contribution in [0.4, 0.5) is 16.5 Å². The number of non-ortho nitro benzene ring substituents is 1. The number of fused-ring (bicyclic) bond motifs is 1. The zero-order chi connectivity index (χ0) is 24.8. The van der Waals surface area contributed by atoms with Crippen molar-refractivity contribution in [3.8, 4) is 5.75 Å². The predicted molar refractivity (Wildman–Crippen MR) is 138 cm³/mol. The van der Waals surface area contributed by atoms with E-state index in [9.17, 15) is 19.7 Å². The number of amides is 2. The van der Waals surface area contributed by atoms with Crippen molar-refractivity contribution in [3.05, 3.63) is 82.4 Å². The van der Waals surface area contributed by atoms with Crippen molar-refractivity contribution in [2.75, 3.05) is 23.0 Å². The van der Waals surface area contributed by atoms with Crippen molar-refractivity contribution >= 4 is 61.6 Å². The summed E-state index contributed by atoms with van der Waals surface area (Å²) in [6, 6.07) is 18.1. The molecule has 0 aliphatic rings. The number of aromatic nitrogens is 1. The van der Waals surface area contributed by atoms with E-state index in [1.165, 1.54) is 47.4 Å². The maximum absolute atomic E-state index is 12.5. The van der Waals surface area contributed by atoms with Crippen LogP contribution in [0.3, 0.4) is 0 Å². The van der Waals surface area contributed by atoms with E-state index in [1.807, 2.05) is 31.2 Å². The Morgan fingerprint density at radius 1 is 1.09 bits per heavy atom. The molecule has 9 nitrogen and oxygen atoms in total. The van der Waals surface area contributed by atoms with Crippen molar-refractivity contribution in [2.45, 2.75) is 11.8 Å². The van der Waals surface area contributed by atoms with Gasteiger partial charge in [-0.25, -0.2) is 4.98 Å². The Kier molecular flexibility index (Phi) is 7.58. The Bertz CT molecular complexity index is 1410. The largest absolute Gasteiger partial charge is 0.494 e. The van der Waals surface area contributed by atoms with Crippen molar-refractivity contribution in [1.82, 2.24) is 4.98 Å². The molecule has 35 heavy (non-hydrogen) atoms. The maximum Gasteiger partial charge on any atom is 0.270 e. The molecular weight excluding hydrogens is 488 g/mol. The van der Waals surface area contributed by atoms with Gasteiger partial charge in [0.05, 0.1) is 27.5 Å². The molecule has 2 amide bonds. The minimum Gasteiger partial charge on any atom is -0.494 e. The van der Waals surface area contributed by atoms with E-state index in [2.05, 4.69) is 15.6 Å². The molecule has 0 aliphatic carbocycles. The highest BCUT2D eigenvalue weighted by molar-refractivity contribution is 8.00. The van der Waals surface area contributed by atoms with Crippen LogP contribution in [0.1, 0.15) is 17.3 Å². The van der Waals surface area contributed by atoms with E-state index in [4.69, 9.17) is 4.74 Å². The van der Waals surface area contributed by atoms with Crippen LogP contribution in [0.25, 0.3) is 10.2 Å². The number of hydrogen-bond acceptors (Lipinski definition) is 8. The summed E-state index contributed by atoms with van der Waals surface area (Å²) in [4.78, 5) is 40.5. The lowest BCUT2D eigenvalue weighted by molar-refractivity contribution is -0.384. The minimum atomic E-state index is -0.550. The second kappa shape index (κ2) is 11.0. The number of nitrogens with one attached hydrogen (secondary N) is 2. The molecule has 2 N–H and O–H groups in total. The highest BCUT2D eigenvalue weighted by Gasteiger charge is 2.13. The van der Waals surface area contributed by atoms with E-state index in [0.717, 1.165) is 20.9 Å². The molecule has 0 fully saturated rings. The van der Waals surface area contributed by atoms with Gasteiger partial charge >= 0.3 is 0 Å². The van der Waals surface area contributed by atoms with Crippen LogP contribution in [0, 0.1) is 10.1 Å². The van der Waals surface area contributed by atoms with Gasteiger partial charge in [0.2, 0.25) is 5.91 Å². The van der Waals surface area contributed by atoms with Gasteiger partial charge in [-0.05, 0) is 49.4 Å². The molecule has 0 atom stereocenters. The quantitative estimate of drug-likeness (QED) is 0.172. The lowest BCUT2D eigenvalue weighted by Crippen LogP contribution is -2.14. The van der Waals surface area contributed by atoms with Crippen molar-refractivity contribution in [3.63, 3.8) is 0 Å². The molecule has 11 heteroatoms. The number of nitro groups is 1. The summed E-state index contributed by atoms with van der Waals surface area (Å²) in [5.41, 5.74) is 1.33. The zero-order valence-electron chi connectivity index (χ0n) is 18.5. The third kappa shape index (κ3) is 6.34. The van der Waals surface area contributed by atoms with Crippen LogP contribution in [0.5, 0.6) is 5.75 Å². The first-order valence-corrected chi connectivity index (χ1v) is 12.3. The highest BCUT2D eigenvalue weighted by Crippen LogP contribution is 2.30. The first-order valence-electron chi connectivity index (χ1n) is 10.5. The fraction of sp³-hybridized carbons (Fsp3) is 0.125. The monoisotopic (exact) mass is 508 g/mol. The van der Waals surface area contributed by atoms with Crippen LogP contribution in [-0.2, 0) is 4.79 Å². The van der Waals surface area contributed by atoms with Gasteiger partial charge in [0.1, 0.15) is 5.75 Å². The molecule has 3 aromatic carbocycles. The molecule has 0 saturated heterocycles. The summed E-state index contributed by atoms with van der Waals surface area (Å²) >= 11 is 2.69. The topological polar surface area (TPSA) is 123 Å². The summed E-state index contributed by atoms with van der Waals surface area (Å²) in [6.45, 7) is 2.49. The number of rotatable bonds is 9. The first kappa shape index (κ1) is 24.2. The fourth-order valence-electron chi connectivity index (χ4n) is 3.15. The van der Waals surface area contributed by atoms with Gasteiger partial charge < -0.3 is 15.4 Å². The van der Waals surface area contributed by atoms with Gasteiger partial charge in [-0.3, -0.25) is 19.7 Å². The summed E-state index contributed by atoms with van der Waals surface area (Å²) in [5, 5.41) is 17.0. The molecule has 0 bridgehead atoms. The summed E-state index contributed by atoms with van der Waals surface area (Å²) in [6.07, 6.45) is 0. The van der Waals surface area contributed by atoms with Gasteiger partial charge in [-0.2, -0.15) is 0 Å². The third-order valence-corrected chi connectivity index (χ3v) is 6.63. The summed E-state index contributed by atoms with van der Waals surface area (Å²) < 4.78 is 6.42. The number of hydrogen-bond donors (Lipinski definition) is 2. The SMILES string of the molecule is CCOc1ccc2nc(NC(=O)CSc3cccc(NC(=O)c4cccc([N+](=O)[O-])c4)c3)sc2c1. The number of thioether (sulfide) groups is 1. The smallest absolute Gasteiger partial charge is 0.270 e. The number of benzene rings is 3. The molecule has 4 rings (SSSR count). The van der Waals surface area contributed by atoms with E-state index in [-0.39, 0.29) is 22.9 Å². The van der Waals surface area contributed by atoms with Gasteiger partial charge in [0.15, 0.2) is 5.13 Å². The van der Waals surface area contributed by atoms with E-state index in [0.29, 0.717) is 17.4 Å². The second-order valence-corrected chi connectivity index (χ2v) is 9.29. The number of carbonyl (C=O) groups excluding carboxylic acids is 2. The van der Waals surface area contributed by atoms with Crippen molar-refractivity contribution < 1.29 is 19.2 Å². The standard InChI is InChI=1S/C24H20N4O5S2/c1-2-33-18-9-10-20-21(13-18)35-24(26-20)27-22(29)14-34-19-8-4-6-16(12-19)25-23(30)15-5-3-7-17(11-15)28(31)32/h3-13H,2,14H2,1H3,(H,25,30)(H,26,27,29). The molecule has 0 aliphatic heterocycles. The molecule has 0 unspecified atom stereocenters. The normalized spacial score (nSPS) is 10.7. The maximum atomic E-state index is 12.5.